The van der Waals surface area contributed by atoms with Crippen LogP contribution in [-0.2, 0) is 10.2 Å². The maximum absolute atomic E-state index is 11.3. The second-order valence-corrected chi connectivity index (χ2v) is 6.14. The Morgan fingerprint density at radius 2 is 2.00 bits per heavy atom. The molecule has 1 aliphatic carbocycles. The highest BCUT2D eigenvalue weighted by molar-refractivity contribution is 5.77. The molecule has 7 nitrogen and oxygen atoms in total. The van der Waals surface area contributed by atoms with Crippen molar-refractivity contribution in [3.05, 3.63) is 66.8 Å². The fraction of sp³-hybridized carbons (Fsp3) is 0.278. The van der Waals surface area contributed by atoms with Gasteiger partial charge in [0.15, 0.2) is 0 Å². The van der Waals surface area contributed by atoms with E-state index >= 15 is 0 Å². The van der Waals surface area contributed by atoms with Crippen molar-refractivity contribution >= 4 is 11.5 Å². The van der Waals surface area contributed by atoms with Crippen molar-refractivity contribution in [3.8, 4) is 0 Å². The lowest BCUT2D eigenvalue weighted by Gasteiger charge is -2.40. The average Bonchev–Trinajstić information content (AvgIpc) is 2.64. The molecule has 3 N–H and O–H groups in total. The molecule has 7 heteroatoms. The van der Waals surface area contributed by atoms with Crippen LogP contribution in [0.2, 0.25) is 0 Å². The van der Waals surface area contributed by atoms with Crippen LogP contribution in [0, 0.1) is 5.92 Å². The molecule has 0 bridgehead atoms. The topological polar surface area (TPSA) is 115 Å². The summed E-state index contributed by atoms with van der Waals surface area (Å²) in [6.07, 6.45) is 12.5. The molecule has 3 unspecified atom stereocenters. The van der Waals surface area contributed by atoms with Gasteiger partial charge in [-0.1, -0.05) is 18.2 Å². The molecule has 2 aromatic rings. The highest BCUT2D eigenvalue weighted by atomic mass is 16.4. The number of carbonyl (C=O) groups is 1. The highest BCUT2D eigenvalue weighted by Crippen LogP contribution is 2.47. The fourth-order valence-corrected chi connectivity index (χ4v) is 3.27. The summed E-state index contributed by atoms with van der Waals surface area (Å²) in [5.74, 6) is -1.17. The number of hydrogen-bond acceptors (Lipinski definition) is 6. The summed E-state index contributed by atoms with van der Waals surface area (Å²) < 4.78 is 0. The standard InChI is InChI=1S/C18H19N5O2/c1-18(16-6-8-21-11-23-16)12(9-14(19)17(24)25)3-2-4-13(18)15-5-7-20-10-22-15/h2-8,10-12,14H,9,19H2,1H3,(H,24,25). The summed E-state index contributed by atoms with van der Waals surface area (Å²) in [6.45, 7) is 2.03. The minimum atomic E-state index is -1.02. The van der Waals surface area contributed by atoms with Gasteiger partial charge in [-0.05, 0) is 37.0 Å². The van der Waals surface area contributed by atoms with Crippen LogP contribution in [0.25, 0.3) is 5.57 Å². The second-order valence-electron chi connectivity index (χ2n) is 6.14. The Kier molecular flexibility index (Phi) is 4.67. The largest absolute Gasteiger partial charge is 0.480 e. The summed E-state index contributed by atoms with van der Waals surface area (Å²) in [6, 6.07) is 2.71. The Bertz CT molecular complexity index is 807. The van der Waals surface area contributed by atoms with E-state index in [1.807, 2.05) is 37.3 Å². The monoisotopic (exact) mass is 337 g/mol. The van der Waals surface area contributed by atoms with Crippen molar-refractivity contribution in [3.63, 3.8) is 0 Å². The van der Waals surface area contributed by atoms with Crippen molar-refractivity contribution in [1.29, 1.82) is 0 Å². The normalized spacial score (nSPS) is 23.8. The number of aliphatic carboxylic acids is 1. The molecule has 0 saturated carbocycles. The van der Waals surface area contributed by atoms with Crippen LogP contribution in [0.3, 0.4) is 0 Å². The first-order valence-electron chi connectivity index (χ1n) is 7.93. The van der Waals surface area contributed by atoms with Crippen LogP contribution in [0.1, 0.15) is 24.7 Å². The Morgan fingerprint density at radius 1 is 1.28 bits per heavy atom. The highest BCUT2D eigenvalue weighted by Gasteiger charge is 2.42. The molecule has 25 heavy (non-hydrogen) atoms. The maximum atomic E-state index is 11.3. The molecule has 0 spiro atoms. The van der Waals surface area contributed by atoms with Crippen LogP contribution in [0.5, 0.6) is 0 Å². The Labute approximate surface area is 145 Å². The molecule has 2 aromatic heterocycles. The summed E-state index contributed by atoms with van der Waals surface area (Å²) in [7, 11) is 0. The van der Waals surface area contributed by atoms with Crippen LogP contribution in [0.15, 0.2) is 55.4 Å². The van der Waals surface area contributed by atoms with Gasteiger partial charge in [-0.25, -0.2) is 19.9 Å². The third-order valence-electron chi connectivity index (χ3n) is 4.70. The predicted molar refractivity (Wildman–Crippen MR) is 92.3 cm³/mol. The quantitative estimate of drug-likeness (QED) is 0.851. The molecular formula is C18H19N5O2. The van der Waals surface area contributed by atoms with E-state index in [-0.39, 0.29) is 12.3 Å². The average molecular weight is 337 g/mol. The van der Waals surface area contributed by atoms with Crippen molar-refractivity contribution in [2.45, 2.75) is 24.8 Å². The number of carboxylic acid groups (broad SMARTS) is 1. The summed E-state index contributed by atoms with van der Waals surface area (Å²) >= 11 is 0. The molecule has 0 amide bonds. The molecule has 0 saturated heterocycles. The van der Waals surface area contributed by atoms with Crippen molar-refractivity contribution in [2.75, 3.05) is 0 Å². The zero-order valence-electron chi connectivity index (χ0n) is 13.8. The Hall–Kier alpha value is -2.93. The van der Waals surface area contributed by atoms with Gasteiger partial charge in [0.25, 0.3) is 0 Å². The SMILES string of the molecule is CC1(c2ccncn2)C(c2ccncn2)=CC=CC1CC(N)C(=O)O. The van der Waals surface area contributed by atoms with Crippen LogP contribution in [0.4, 0.5) is 0 Å². The van der Waals surface area contributed by atoms with Gasteiger partial charge in [0.05, 0.1) is 11.4 Å². The number of nitrogens with two attached hydrogens (primary N) is 1. The number of allylic oxidation sites excluding steroid dienone is 4. The minimum Gasteiger partial charge on any atom is -0.480 e. The van der Waals surface area contributed by atoms with Gasteiger partial charge in [0.1, 0.15) is 18.7 Å². The zero-order valence-corrected chi connectivity index (χ0v) is 13.8. The smallest absolute Gasteiger partial charge is 0.320 e. The Balaban J connectivity index is 2.10. The van der Waals surface area contributed by atoms with E-state index in [1.54, 1.807) is 12.4 Å². The van der Waals surface area contributed by atoms with Gasteiger partial charge in [-0.15, -0.1) is 0 Å². The number of carboxylic acids is 1. The lowest BCUT2D eigenvalue weighted by molar-refractivity contribution is -0.138. The molecule has 3 atom stereocenters. The van der Waals surface area contributed by atoms with E-state index in [2.05, 4.69) is 19.9 Å². The van der Waals surface area contributed by atoms with E-state index in [0.29, 0.717) is 0 Å². The molecule has 128 valence electrons. The van der Waals surface area contributed by atoms with E-state index in [9.17, 15) is 9.90 Å². The fourth-order valence-electron chi connectivity index (χ4n) is 3.27. The molecule has 0 radical (unpaired) electrons. The predicted octanol–water partition coefficient (Wildman–Crippen LogP) is 1.60. The number of rotatable bonds is 5. The molecule has 2 heterocycles. The van der Waals surface area contributed by atoms with Gasteiger partial charge < -0.3 is 10.8 Å². The van der Waals surface area contributed by atoms with Crippen molar-refractivity contribution < 1.29 is 9.90 Å². The van der Waals surface area contributed by atoms with Crippen LogP contribution >= 0.6 is 0 Å². The molecule has 0 fully saturated rings. The van der Waals surface area contributed by atoms with Crippen molar-refractivity contribution in [1.82, 2.24) is 19.9 Å². The molecule has 0 aliphatic heterocycles. The third-order valence-corrected chi connectivity index (χ3v) is 4.70. The van der Waals surface area contributed by atoms with Gasteiger partial charge in [-0.2, -0.15) is 0 Å². The first-order valence-corrected chi connectivity index (χ1v) is 7.93. The first kappa shape index (κ1) is 16.9. The van der Waals surface area contributed by atoms with E-state index in [4.69, 9.17) is 5.73 Å². The number of nitrogens with zero attached hydrogens (tertiary/aromatic N) is 4. The summed E-state index contributed by atoms with van der Waals surface area (Å²) in [5.41, 5.74) is 7.74. The molecule has 1 aliphatic rings. The third kappa shape index (κ3) is 3.18. The van der Waals surface area contributed by atoms with E-state index < -0.39 is 17.4 Å². The van der Waals surface area contributed by atoms with Gasteiger partial charge in [0, 0.05) is 17.8 Å². The van der Waals surface area contributed by atoms with Crippen LogP contribution < -0.4 is 5.73 Å². The second kappa shape index (κ2) is 6.90. The Morgan fingerprint density at radius 3 is 2.60 bits per heavy atom. The maximum Gasteiger partial charge on any atom is 0.320 e. The molecular weight excluding hydrogens is 318 g/mol. The van der Waals surface area contributed by atoms with E-state index in [0.717, 1.165) is 17.0 Å². The lowest BCUT2D eigenvalue weighted by atomic mass is 9.64. The molecule has 3 rings (SSSR count). The summed E-state index contributed by atoms with van der Waals surface area (Å²) in [5, 5.41) is 9.23. The molecule has 0 aromatic carbocycles. The number of hydrogen-bond donors (Lipinski definition) is 2. The van der Waals surface area contributed by atoms with Gasteiger partial charge in [0.2, 0.25) is 0 Å². The first-order chi connectivity index (χ1) is 12.0. The van der Waals surface area contributed by atoms with Crippen molar-refractivity contribution in [2.24, 2.45) is 11.7 Å². The minimum absolute atomic E-state index is 0.150. The van der Waals surface area contributed by atoms with Crippen LogP contribution in [-0.4, -0.2) is 37.1 Å². The number of aromatic nitrogens is 4. The summed E-state index contributed by atoms with van der Waals surface area (Å²) in [4.78, 5) is 28.0. The van der Waals surface area contributed by atoms with Gasteiger partial charge in [-0.3, -0.25) is 4.79 Å². The zero-order chi connectivity index (χ0) is 17.9. The van der Waals surface area contributed by atoms with Gasteiger partial charge >= 0.3 is 5.97 Å². The van der Waals surface area contributed by atoms with E-state index in [1.165, 1.54) is 12.7 Å². The lowest BCUT2D eigenvalue weighted by Crippen LogP contribution is -2.41.